The maximum absolute atomic E-state index is 5.10. The lowest BCUT2D eigenvalue weighted by Crippen LogP contribution is -2.03. The van der Waals surface area contributed by atoms with Crippen LogP contribution >= 0.6 is 0 Å². The summed E-state index contributed by atoms with van der Waals surface area (Å²) in [5.41, 5.74) is 5.10. The van der Waals surface area contributed by atoms with E-state index in [9.17, 15) is 0 Å². The van der Waals surface area contributed by atoms with Crippen molar-refractivity contribution in [3.8, 4) is 12.0 Å². The highest BCUT2D eigenvalue weighted by Crippen LogP contribution is 2.22. The van der Waals surface area contributed by atoms with Crippen LogP contribution in [0.3, 0.4) is 0 Å². The van der Waals surface area contributed by atoms with E-state index in [-0.39, 0.29) is 0 Å². The van der Waals surface area contributed by atoms with Crippen molar-refractivity contribution in [2.45, 2.75) is 32.1 Å². The minimum absolute atomic E-state index is 0.615. The van der Waals surface area contributed by atoms with Gasteiger partial charge in [0.15, 0.2) is 0 Å². The first-order valence-corrected chi connectivity index (χ1v) is 3.64. The molecule has 9 heavy (non-hydrogen) atoms. The van der Waals surface area contributed by atoms with Crippen LogP contribution in [0.4, 0.5) is 0 Å². The lowest BCUT2D eigenvalue weighted by atomic mass is 9.90. The first-order valence-electron chi connectivity index (χ1n) is 3.64. The summed E-state index contributed by atoms with van der Waals surface area (Å²) in [6.07, 6.45) is 6.62. The summed E-state index contributed by atoms with van der Waals surface area (Å²) in [5.74, 6) is 3.63. The van der Waals surface area contributed by atoms with Gasteiger partial charge in [-0.2, -0.15) is 0 Å². The average Bonchev–Trinajstić information content (AvgIpc) is 1.91. The van der Waals surface area contributed by atoms with Crippen molar-refractivity contribution in [1.29, 1.82) is 0 Å². The Morgan fingerprint density at radius 2 is 1.78 bits per heavy atom. The summed E-state index contributed by atoms with van der Waals surface area (Å²) in [5, 5.41) is 0. The van der Waals surface area contributed by atoms with Gasteiger partial charge in [-0.15, -0.1) is 0 Å². The fraction of sp³-hybridized carbons (Fsp3) is 0.750. The molecule has 2 N–H and O–H groups in total. The number of rotatable bonds is 0. The Kier molecular flexibility index (Phi) is 2.45. The molecule has 1 heteroatoms. The lowest BCUT2D eigenvalue weighted by molar-refractivity contribution is 0.430. The van der Waals surface area contributed by atoms with Crippen molar-refractivity contribution in [3.05, 3.63) is 0 Å². The van der Waals surface area contributed by atoms with Crippen LogP contribution in [0.15, 0.2) is 0 Å². The first-order chi connectivity index (χ1) is 4.43. The lowest BCUT2D eigenvalue weighted by Gasteiger charge is -2.14. The molecule has 0 aromatic heterocycles. The molecule has 1 aliphatic carbocycles. The van der Waals surface area contributed by atoms with E-state index in [0.717, 1.165) is 0 Å². The van der Waals surface area contributed by atoms with E-state index in [2.05, 4.69) is 12.0 Å². The first kappa shape index (κ1) is 6.48. The zero-order valence-electron chi connectivity index (χ0n) is 5.69. The molecule has 0 radical (unpaired) electrons. The molecule has 0 aliphatic heterocycles. The van der Waals surface area contributed by atoms with Gasteiger partial charge in [0, 0.05) is 12.0 Å². The van der Waals surface area contributed by atoms with Gasteiger partial charge in [0.1, 0.15) is 0 Å². The van der Waals surface area contributed by atoms with Gasteiger partial charge < -0.3 is 5.73 Å². The molecule has 0 atom stereocenters. The Hall–Kier alpha value is -0.640. The van der Waals surface area contributed by atoms with Crippen LogP contribution in [0.5, 0.6) is 0 Å². The van der Waals surface area contributed by atoms with E-state index in [1.807, 2.05) is 0 Å². The molecule has 0 spiro atoms. The number of hydrogen-bond acceptors (Lipinski definition) is 1. The maximum Gasteiger partial charge on any atom is 0.0221 e. The number of nitrogens with two attached hydrogens (primary N) is 1. The highest BCUT2D eigenvalue weighted by molar-refractivity contribution is 5.00. The summed E-state index contributed by atoms with van der Waals surface area (Å²) >= 11 is 0. The average molecular weight is 123 g/mol. The van der Waals surface area contributed by atoms with E-state index in [1.165, 1.54) is 32.1 Å². The predicted octanol–water partition coefficient (Wildman–Crippen LogP) is 1.49. The Morgan fingerprint density at radius 1 is 1.11 bits per heavy atom. The van der Waals surface area contributed by atoms with Gasteiger partial charge in [-0.25, -0.2) is 0 Å². The molecule has 0 aromatic carbocycles. The third-order valence-electron chi connectivity index (χ3n) is 1.89. The molecule has 0 saturated heterocycles. The SMILES string of the molecule is NC#CC1CCCCC1. The molecule has 0 amide bonds. The molecule has 0 heterocycles. The summed E-state index contributed by atoms with van der Waals surface area (Å²) in [6, 6.07) is 2.49. The van der Waals surface area contributed by atoms with Crippen LogP contribution in [0.1, 0.15) is 32.1 Å². The van der Waals surface area contributed by atoms with Crippen LogP contribution < -0.4 is 5.73 Å². The molecule has 1 fully saturated rings. The Morgan fingerprint density at radius 3 is 2.33 bits per heavy atom. The van der Waals surface area contributed by atoms with E-state index in [0.29, 0.717) is 5.92 Å². The highest BCUT2D eigenvalue weighted by Gasteiger charge is 2.09. The second kappa shape index (κ2) is 3.40. The summed E-state index contributed by atoms with van der Waals surface area (Å²) in [6.45, 7) is 0. The highest BCUT2D eigenvalue weighted by atomic mass is 14.5. The van der Waals surface area contributed by atoms with E-state index < -0.39 is 0 Å². The monoisotopic (exact) mass is 123 g/mol. The van der Waals surface area contributed by atoms with E-state index in [4.69, 9.17) is 5.73 Å². The fourth-order valence-electron chi connectivity index (χ4n) is 1.36. The maximum atomic E-state index is 5.10. The van der Waals surface area contributed by atoms with Crippen molar-refractivity contribution < 1.29 is 0 Å². The van der Waals surface area contributed by atoms with Gasteiger partial charge in [0.2, 0.25) is 0 Å². The van der Waals surface area contributed by atoms with Gasteiger partial charge in [-0.05, 0) is 12.8 Å². The fourth-order valence-corrected chi connectivity index (χ4v) is 1.36. The molecule has 1 rings (SSSR count). The van der Waals surface area contributed by atoms with Crippen molar-refractivity contribution in [2.24, 2.45) is 11.7 Å². The van der Waals surface area contributed by atoms with Gasteiger partial charge >= 0.3 is 0 Å². The molecule has 1 saturated carbocycles. The summed E-state index contributed by atoms with van der Waals surface area (Å²) in [7, 11) is 0. The normalized spacial score (nSPS) is 20.4. The second-order valence-corrected chi connectivity index (χ2v) is 2.62. The van der Waals surface area contributed by atoms with Crippen LogP contribution in [0, 0.1) is 17.9 Å². The largest absolute Gasteiger partial charge is 0.359 e. The molecule has 1 aliphatic rings. The zero-order valence-corrected chi connectivity index (χ0v) is 5.69. The van der Waals surface area contributed by atoms with Gasteiger partial charge in [-0.3, -0.25) is 0 Å². The Balaban J connectivity index is 2.28. The van der Waals surface area contributed by atoms with Crippen LogP contribution in [0.2, 0.25) is 0 Å². The van der Waals surface area contributed by atoms with Gasteiger partial charge in [0.25, 0.3) is 0 Å². The van der Waals surface area contributed by atoms with Gasteiger partial charge in [0.05, 0.1) is 0 Å². The van der Waals surface area contributed by atoms with Crippen molar-refractivity contribution in [3.63, 3.8) is 0 Å². The molecular formula is C8H13N. The quantitative estimate of drug-likeness (QED) is 0.383. The third-order valence-corrected chi connectivity index (χ3v) is 1.89. The van der Waals surface area contributed by atoms with Crippen LogP contribution in [0.25, 0.3) is 0 Å². The van der Waals surface area contributed by atoms with E-state index >= 15 is 0 Å². The summed E-state index contributed by atoms with van der Waals surface area (Å²) < 4.78 is 0. The van der Waals surface area contributed by atoms with Crippen LogP contribution in [-0.4, -0.2) is 0 Å². The molecule has 50 valence electrons. The predicted molar refractivity (Wildman–Crippen MR) is 38.5 cm³/mol. The van der Waals surface area contributed by atoms with Crippen molar-refractivity contribution in [2.75, 3.05) is 0 Å². The molecule has 0 aromatic rings. The van der Waals surface area contributed by atoms with Crippen molar-refractivity contribution in [1.82, 2.24) is 0 Å². The van der Waals surface area contributed by atoms with Crippen molar-refractivity contribution >= 4 is 0 Å². The van der Waals surface area contributed by atoms with E-state index in [1.54, 1.807) is 0 Å². The summed E-state index contributed by atoms with van der Waals surface area (Å²) in [4.78, 5) is 0. The third kappa shape index (κ3) is 1.97. The second-order valence-electron chi connectivity index (χ2n) is 2.62. The Labute approximate surface area is 56.6 Å². The van der Waals surface area contributed by atoms with Gasteiger partial charge in [-0.1, -0.05) is 25.2 Å². The van der Waals surface area contributed by atoms with Crippen LogP contribution in [-0.2, 0) is 0 Å². The Bertz CT molecular complexity index is 123. The standard InChI is InChI=1S/C8H13N/c9-7-6-8-4-2-1-3-5-8/h8H,1-5,9H2. The smallest absolute Gasteiger partial charge is 0.0221 e. The molecular weight excluding hydrogens is 110 g/mol. The molecule has 0 bridgehead atoms. The zero-order chi connectivity index (χ0) is 6.53. The minimum atomic E-state index is 0.615. The molecule has 0 unspecified atom stereocenters. The topological polar surface area (TPSA) is 26.0 Å². The minimum Gasteiger partial charge on any atom is -0.359 e. The number of hydrogen-bond donors (Lipinski definition) is 1. The molecule has 1 nitrogen and oxygen atoms in total.